The molecule has 1 saturated heterocycles. The molecule has 1 aromatic rings. The van der Waals surface area contributed by atoms with Crippen LogP contribution in [0.1, 0.15) is 24.0 Å². The molecule has 0 saturated carbocycles. The van der Waals surface area contributed by atoms with E-state index in [1.165, 1.54) is 32.0 Å². The van der Waals surface area contributed by atoms with Crippen molar-refractivity contribution in [3.05, 3.63) is 35.1 Å². The van der Waals surface area contributed by atoms with Crippen LogP contribution in [0.3, 0.4) is 0 Å². The fourth-order valence-corrected chi connectivity index (χ4v) is 2.68. The van der Waals surface area contributed by atoms with Crippen molar-refractivity contribution in [2.24, 2.45) is 5.73 Å². The van der Waals surface area contributed by atoms with Crippen LogP contribution in [0.4, 0.5) is 4.39 Å². The van der Waals surface area contributed by atoms with Crippen molar-refractivity contribution in [1.29, 1.82) is 0 Å². The highest BCUT2D eigenvalue weighted by atomic mass is 19.1. The van der Waals surface area contributed by atoms with Crippen molar-refractivity contribution in [2.75, 3.05) is 39.8 Å². The number of benzene rings is 1. The summed E-state index contributed by atoms with van der Waals surface area (Å²) in [4.78, 5) is 4.72. The Labute approximate surface area is 126 Å². The summed E-state index contributed by atoms with van der Waals surface area (Å²) in [6.07, 6.45) is 2.63. The Kier molecular flexibility index (Phi) is 6.19. The summed E-state index contributed by atoms with van der Waals surface area (Å²) in [5, 5.41) is 0. The minimum atomic E-state index is -0.234. The molecule has 1 aliphatic rings. The molecule has 0 amide bonds. The first-order valence-electron chi connectivity index (χ1n) is 7.56. The molecule has 4 heteroatoms. The van der Waals surface area contributed by atoms with Crippen molar-refractivity contribution in [1.82, 2.24) is 9.80 Å². The number of hydrogen-bond donors (Lipinski definition) is 1. The van der Waals surface area contributed by atoms with Crippen molar-refractivity contribution in [2.45, 2.75) is 19.4 Å². The molecule has 2 rings (SSSR count). The van der Waals surface area contributed by atoms with E-state index in [1.807, 2.05) is 6.07 Å². The Morgan fingerprint density at radius 1 is 1.29 bits per heavy atom. The van der Waals surface area contributed by atoms with Gasteiger partial charge in [0, 0.05) is 25.2 Å². The lowest BCUT2D eigenvalue weighted by Gasteiger charge is -2.21. The van der Waals surface area contributed by atoms with E-state index in [4.69, 9.17) is 5.73 Å². The lowest BCUT2D eigenvalue weighted by atomic mass is 10.1. The largest absolute Gasteiger partial charge is 0.320 e. The Morgan fingerprint density at radius 3 is 2.76 bits per heavy atom. The van der Waals surface area contributed by atoms with Gasteiger partial charge in [0.05, 0.1) is 6.54 Å². The Balaban J connectivity index is 1.89. The fraction of sp³-hybridized carbons (Fsp3) is 0.529. The molecular formula is C17H24FN3. The summed E-state index contributed by atoms with van der Waals surface area (Å²) in [6, 6.07) is 4.98. The molecular weight excluding hydrogens is 265 g/mol. The Bertz CT molecular complexity index is 513. The zero-order valence-corrected chi connectivity index (χ0v) is 12.7. The van der Waals surface area contributed by atoms with Crippen molar-refractivity contribution in [3.8, 4) is 11.8 Å². The van der Waals surface area contributed by atoms with Crippen LogP contribution in [0.15, 0.2) is 18.2 Å². The molecule has 0 unspecified atom stereocenters. The second-order valence-corrected chi connectivity index (χ2v) is 5.64. The van der Waals surface area contributed by atoms with E-state index in [1.54, 1.807) is 6.07 Å². The van der Waals surface area contributed by atoms with Gasteiger partial charge >= 0.3 is 0 Å². The third kappa shape index (κ3) is 5.47. The lowest BCUT2D eigenvalue weighted by molar-refractivity contribution is 0.252. The van der Waals surface area contributed by atoms with Crippen LogP contribution < -0.4 is 5.73 Å². The Hall–Kier alpha value is -1.41. The quantitative estimate of drug-likeness (QED) is 0.837. The molecule has 114 valence electrons. The first-order valence-corrected chi connectivity index (χ1v) is 7.56. The van der Waals surface area contributed by atoms with E-state index >= 15 is 0 Å². The van der Waals surface area contributed by atoms with Crippen LogP contribution in [0.5, 0.6) is 0 Å². The molecule has 1 aliphatic heterocycles. The topological polar surface area (TPSA) is 32.5 Å². The summed E-state index contributed by atoms with van der Waals surface area (Å²) in [5.41, 5.74) is 7.01. The number of rotatable bonds is 5. The molecule has 0 radical (unpaired) electrons. The molecule has 0 aromatic heterocycles. The third-order valence-corrected chi connectivity index (χ3v) is 3.74. The van der Waals surface area contributed by atoms with Crippen molar-refractivity contribution in [3.63, 3.8) is 0 Å². The molecule has 1 heterocycles. The summed E-state index contributed by atoms with van der Waals surface area (Å²) < 4.78 is 13.6. The predicted molar refractivity (Wildman–Crippen MR) is 84.3 cm³/mol. The van der Waals surface area contributed by atoms with E-state index in [-0.39, 0.29) is 5.82 Å². The molecule has 0 spiro atoms. The van der Waals surface area contributed by atoms with E-state index < -0.39 is 0 Å². The molecule has 0 bridgehead atoms. The summed E-state index contributed by atoms with van der Waals surface area (Å²) in [5.74, 6) is 5.42. The van der Waals surface area contributed by atoms with E-state index in [2.05, 4.69) is 28.7 Å². The lowest BCUT2D eigenvalue weighted by Crippen LogP contribution is -2.31. The standard InChI is InChI=1S/C17H24FN3/c1-20(9-10-21-7-2-3-8-21)14-16-11-15(5-4-6-19)12-17(18)13-16/h11-13H,2-3,6-10,14,19H2,1H3. The molecule has 21 heavy (non-hydrogen) atoms. The van der Waals surface area contributed by atoms with Crippen LogP contribution in [0.25, 0.3) is 0 Å². The van der Waals surface area contributed by atoms with Crippen LogP contribution >= 0.6 is 0 Å². The molecule has 3 nitrogen and oxygen atoms in total. The van der Waals surface area contributed by atoms with Gasteiger partial charge in [-0.25, -0.2) is 4.39 Å². The SMILES string of the molecule is CN(CCN1CCCC1)Cc1cc(F)cc(C#CCN)c1. The van der Waals surface area contributed by atoms with Gasteiger partial charge in [-0.3, -0.25) is 0 Å². The average Bonchev–Trinajstić information content (AvgIpc) is 2.95. The summed E-state index contributed by atoms with van der Waals surface area (Å²) in [6.45, 7) is 5.55. The highest BCUT2D eigenvalue weighted by Crippen LogP contribution is 2.11. The Morgan fingerprint density at radius 2 is 2.05 bits per heavy atom. The van der Waals surface area contributed by atoms with Crippen LogP contribution in [-0.4, -0.2) is 49.6 Å². The van der Waals surface area contributed by atoms with Crippen LogP contribution in [-0.2, 0) is 6.54 Å². The smallest absolute Gasteiger partial charge is 0.124 e. The summed E-state index contributed by atoms with van der Waals surface area (Å²) >= 11 is 0. The maximum atomic E-state index is 13.6. The summed E-state index contributed by atoms with van der Waals surface area (Å²) in [7, 11) is 2.08. The molecule has 0 aliphatic carbocycles. The molecule has 1 aromatic carbocycles. The number of halogens is 1. The monoisotopic (exact) mass is 289 g/mol. The molecule has 0 atom stereocenters. The van der Waals surface area contributed by atoms with E-state index in [9.17, 15) is 4.39 Å². The minimum Gasteiger partial charge on any atom is -0.320 e. The maximum absolute atomic E-state index is 13.6. The second-order valence-electron chi connectivity index (χ2n) is 5.64. The first-order chi connectivity index (χ1) is 10.2. The molecule has 1 fully saturated rings. The van der Waals surface area contributed by atoms with Gasteiger partial charge < -0.3 is 15.5 Å². The van der Waals surface area contributed by atoms with Crippen LogP contribution in [0, 0.1) is 17.7 Å². The van der Waals surface area contributed by atoms with Crippen LogP contribution in [0.2, 0.25) is 0 Å². The average molecular weight is 289 g/mol. The highest BCUT2D eigenvalue weighted by molar-refractivity contribution is 5.37. The zero-order chi connectivity index (χ0) is 15.1. The van der Waals surface area contributed by atoms with Gasteiger partial charge in [0.25, 0.3) is 0 Å². The van der Waals surface area contributed by atoms with Gasteiger partial charge in [0.1, 0.15) is 5.82 Å². The number of hydrogen-bond acceptors (Lipinski definition) is 3. The second kappa shape index (κ2) is 8.14. The zero-order valence-electron chi connectivity index (χ0n) is 12.7. The van der Waals surface area contributed by atoms with Gasteiger partial charge in [-0.05, 0) is 56.7 Å². The molecule has 2 N–H and O–H groups in total. The third-order valence-electron chi connectivity index (χ3n) is 3.74. The normalized spacial score (nSPS) is 15.2. The number of nitrogens with zero attached hydrogens (tertiary/aromatic N) is 2. The van der Waals surface area contributed by atoms with Gasteiger partial charge in [-0.1, -0.05) is 11.8 Å². The van der Waals surface area contributed by atoms with Gasteiger partial charge in [-0.15, -0.1) is 0 Å². The first kappa shape index (κ1) is 16.0. The van der Waals surface area contributed by atoms with E-state index in [0.717, 1.165) is 25.2 Å². The highest BCUT2D eigenvalue weighted by Gasteiger charge is 2.12. The minimum absolute atomic E-state index is 0.234. The van der Waals surface area contributed by atoms with Gasteiger partial charge in [-0.2, -0.15) is 0 Å². The fourth-order valence-electron chi connectivity index (χ4n) is 2.68. The van der Waals surface area contributed by atoms with Gasteiger partial charge in [0.2, 0.25) is 0 Å². The van der Waals surface area contributed by atoms with Crippen molar-refractivity contribution < 1.29 is 4.39 Å². The predicted octanol–water partition coefficient (Wildman–Crippen LogP) is 1.66. The van der Waals surface area contributed by atoms with Crippen molar-refractivity contribution >= 4 is 0 Å². The van der Waals surface area contributed by atoms with Gasteiger partial charge in [0.15, 0.2) is 0 Å². The maximum Gasteiger partial charge on any atom is 0.124 e. The number of nitrogens with two attached hydrogens (primary N) is 1. The van der Waals surface area contributed by atoms with E-state index in [0.29, 0.717) is 12.1 Å². The number of likely N-dealkylation sites (N-methyl/N-ethyl adjacent to an activating group) is 1. The number of likely N-dealkylation sites (tertiary alicyclic amines) is 1.